The molecule has 1 amide bonds. The second kappa shape index (κ2) is 6.71. The molecule has 0 N–H and O–H groups in total. The monoisotopic (exact) mass is 335 g/mol. The minimum atomic E-state index is -1.67. The van der Waals surface area contributed by atoms with Crippen LogP contribution in [0, 0.1) is 0 Å². The van der Waals surface area contributed by atoms with Gasteiger partial charge in [-0.25, -0.2) is 0 Å². The predicted molar refractivity (Wildman–Crippen MR) is 93.6 cm³/mol. The molecule has 118 valence electrons. The summed E-state index contributed by atoms with van der Waals surface area (Å²) in [7, 11) is -1.67. The molecule has 5 heteroatoms. The van der Waals surface area contributed by atoms with Crippen molar-refractivity contribution in [1.29, 1.82) is 0 Å². The third-order valence-corrected chi connectivity index (χ3v) is 5.98. The van der Waals surface area contributed by atoms with Gasteiger partial charge in [0, 0.05) is 6.54 Å². The Labute approximate surface area is 137 Å². The lowest BCUT2D eigenvalue weighted by molar-refractivity contribution is 0.0743. The molecule has 22 heavy (non-hydrogen) atoms. The normalized spacial score (nSPS) is 11.5. The number of furan rings is 1. The van der Waals surface area contributed by atoms with Gasteiger partial charge in [-0.05, 0) is 30.3 Å². The van der Waals surface area contributed by atoms with Crippen molar-refractivity contribution in [1.82, 2.24) is 4.90 Å². The van der Waals surface area contributed by atoms with Crippen LogP contribution in [0.4, 0.5) is 0 Å². The summed E-state index contributed by atoms with van der Waals surface area (Å²) in [6, 6.07) is 9.46. The Bertz CT molecular complexity index is 647. The van der Waals surface area contributed by atoms with Crippen LogP contribution in [0.2, 0.25) is 24.7 Å². The standard InChI is InChI=1S/C17H22ClNO2Si/c1-5-19(12-13-8-7-11-21-13)17(20)16-14(18)9-6-10-15(16)22(2,3)4/h6-11H,5,12H2,1-4H3. The SMILES string of the molecule is CCN(Cc1ccco1)C(=O)c1c(Cl)cccc1[Si](C)(C)C. The highest BCUT2D eigenvalue weighted by molar-refractivity contribution is 6.89. The van der Waals surface area contributed by atoms with Crippen LogP contribution in [0.25, 0.3) is 0 Å². The van der Waals surface area contributed by atoms with E-state index in [1.807, 2.05) is 31.2 Å². The van der Waals surface area contributed by atoms with E-state index >= 15 is 0 Å². The van der Waals surface area contributed by atoms with Gasteiger partial charge < -0.3 is 9.32 Å². The predicted octanol–water partition coefficient (Wildman–Crippen LogP) is 4.14. The molecule has 0 atom stereocenters. The van der Waals surface area contributed by atoms with Crippen LogP contribution >= 0.6 is 11.6 Å². The molecule has 0 spiro atoms. The number of amides is 1. The molecule has 2 rings (SSSR count). The van der Waals surface area contributed by atoms with Crippen LogP contribution in [0.3, 0.4) is 0 Å². The van der Waals surface area contributed by atoms with Gasteiger partial charge in [0.2, 0.25) is 0 Å². The molecule has 0 aliphatic rings. The van der Waals surface area contributed by atoms with Crippen LogP contribution in [-0.2, 0) is 6.54 Å². The zero-order chi connectivity index (χ0) is 16.3. The summed E-state index contributed by atoms with van der Waals surface area (Å²) in [6.07, 6.45) is 1.62. The Hall–Kier alpha value is -1.52. The number of hydrogen-bond acceptors (Lipinski definition) is 2. The molecule has 1 heterocycles. The van der Waals surface area contributed by atoms with E-state index in [9.17, 15) is 4.79 Å². The number of carbonyl (C=O) groups is 1. The second-order valence-corrected chi connectivity index (χ2v) is 11.8. The highest BCUT2D eigenvalue weighted by Crippen LogP contribution is 2.20. The fraction of sp³-hybridized carbons (Fsp3) is 0.353. The van der Waals surface area contributed by atoms with E-state index in [0.717, 1.165) is 10.9 Å². The Morgan fingerprint density at radius 3 is 2.50 bits per heavy atom. The molecular weight excluding hydrogens is 314 g/mol. The maximum absolute atomic E-state index is 13.0. The van der Waals surface area contributed by atoms with Crippen molar-refractivity contribution in [3.8, 4) is 0 Å². The summed E-state index contributed by atoms with van der Waals surface area (Å²) < 4.78 is 5.36. The van der Waals surface area contributed by atoms with E-state index in [1.165, 1.54) is 0 Å². The maximum Gasteiger partial charge on any atom is 0.255 e. The van der Waals surface area contributed by atoms with Gasteiger partial charge in [-0.15, -0.1) is 0 Å². The van der Waals surface area contributed by atoms with Crippen molar-refractivity contribution < 1.29 is 9.21 Å². The quantitative estimate of drug-likeness (QED) is 0.769. The Morgan fingerprint density at radius 1 is 1.23 bits per heavy atom. The first kappa shape index (κ1) is 16.8. The van der Waals surface area contributed by atoms with Gasteiger partial charge in [0.05, 0.1) is 31.5 Å². The molecular formula is C17H22ClNO2Si. The number of hydrogen-bond donors (Lipinski definition) is 0. The number of halogens is 1. The Balaban J connectivity index is 2.39. The van der Waals surface area contributed by atoms with Crippen LogP contribution < -0.4 is 5.19 Å². The van der Waals surface area contributed by atoms with Crippen molar-refractivity contribution in [3.05, 3.63) is 52.9 Å². The molecule has 1 aromatic heterocycles. The van der Waals surface area contributed by atoms with Crippen molar-refractivity contribution in [2.24, 2.45) is 0 Å². The van der Waals surface area contributed by atoms with Gasteiger partial charge >= 0.3 is 0 Å². The van der Waals surface area contributed by atoms with Crippen molar-refractivity contribution in [2.75, 3.05) is 6.54 Å². The van der Waals surface area contributed by atoms with E-state index in [0.29, 0.717) is 23.7 Å². The number of nitrogens with zero attached hydrogens (tertiary/aromatic N) is 1. The molecule has 0 radical (unpaired) electrons. The summed E-state index contributed by atoms with van der Waals surface area (Å²) in [6.45, 7) is 9.69. The van der Waals surface area contributed by atoms with Gasteiger partial charge in [0.15, 0.2) is 0 Å². The van der Waals surface area contributed by atoms with E-state index in [-0.39, 0.29) is 5.91 Å². The lowest BCUT2D eigenvalue weighted by atomic mass is 10.2. The zero-order valence-corrected chi connectivity index (χ0v) is 15.3. The minimum Gasteiger partial charge on any atom is -0.467 e. The summed E-state index contributed by atoms with van der Waals surface area (Å²) in [5.41, 5.74) is 0.650. The van der Waals surface area contributed by atoms with E-state index < -0.39 is 8.07 Å². The summed E-state index contributed by atoms with van der Waals surface area (Å²) in [5.74, 6) is 0.749. The number of benzene rings is 1. The largest absolute Gasteiger partial charge is 0.467 e. The summed E-state index contributed by atoms with van der Waals surface area (Å²) in [4.78, 5) is 14.8. The fourth-order valence-corrected chi connectivity index (χ4v) is 4.36. The first-order chi connectivity index (χ1) is 10.3. The lowest BCUT2D eigenvalue weighted by Gasteiger charge is -2.26. The molecule has 2 aromatic rings. The molecule has 0 aliphatic carbocycles. The van der Waals surface area contributed by atoms with Crippen LogP contribution in [0.5, 0.6) is 0 Å². The summed E-state index contributed by atoms with van der Waals surface area (Å²) in [5, 5.41) is 1.63. The van der Waals surface area contributed by atoms with Crippen LogP contribution in [0.15, 0.2) is 41.0 Å². The highest BCUT2D eigenvalue weighted by Gasteiger charge is 2.28. The van der Waals surface area contributed by atoms with E-state index in [4.69, 9.17) is 16.0 Å². The summed E-state index contributed by atoms with van der Waals surface area (Å²) >= 11 is 6.36. The molecule has 3 nitrogen and oxygen atoms in total. The zero-order valence-electron chi connectivity index (χ0n) is 13.5. The third-order valence-electron chi connectivity index (χ3n) is 3.63. The average Bonchev–Trinajstić information content (AvgIpc) is 2.95. The lowest BCUT2D eigenvalue weighted by Crippen LogP contribution is -2.44. The molecule has 0 saturated carbocycles. The average molecular weight is 336 g/mol. The third kappa shape index (κ3) is 3.62. The number of carbonyl (C=O) groups excluding carboxylic acids is 1. The first-order valence-corrected chi connectivity index (χ1v) is 11.3. The van der Waals surface area contributed by atoms with Crippen molar-refractivity contribution in [2.45, 2.75) is 33.1 Å². The smallest absolute Gasteiger partial charge is 0.255 e. The minimum absolute atomic E-state index is 0.0260. The van der Waals surface area contributed by atoms with Gasteiger partial charge in [-0.3, -0.25) is 4.79 Å². The molecule has 0 unspecified atom stereocenters. The van der Waals surface area contributed by atoms with E-state index in [2.05, 4.69) is 19.6 Å². The molecule has 1 aromatic carbocycles. The topological polar surface area (TPSA) is 33.5 Å². The van der Waals surface area contributed by atoms with Gasteiger partial charge in [0.1, 0.15) is 5.76 Å². The van der Waals surface area contributed by atoms with Crippen LogP contribution in [0.1, 0.15) is 23.0 Å². The van der Waals surface area contributed by atoms with Gasteiger partial charge in [0.25, 0.3) is 5.91 Å². The second-order valence-electron chi connectivity index (χ2n) is 6.31. The molecule has 0 aliphatic heterocycles. The first-order valence-electron chi connectivity index (χ1n) is 7.45. The number of rotatable bonds is 5. The fourth-order valence-electron chi connectivity index (χ4n) is 2.44. The Morgan fingerprint density at radius 2 is 1.95 bits per heavy atom. The molecule has 0 fully saturated rings. The van der Waals surface area contributed by atoms with E-state index in [1.54, 1.807) is 17.2 Å². The van der Waals surface area contributed by atoms with Gasteiger partial charge in [-0.2, -0.15) is 0 Å². The Kier molecular flexibility index (Phi) is 5.14. The molecule has 0 bridgehead atoms. The van der Waals surface area contributed by atoms with Crippen molar-refractivity contribution in [3.63, 3.8) is 0 Å². The van der Waals surface area contributed by atoms with Gasteiger partial charge in [-0.1, -0.05) is 43.4 Å². The van der Waals surface area contributed by atoms with Crippen molar-refractivity contribution >= 4 is 30.8 Å². The molecule has 0 saturated heterocycles. The highest BCUT2D eigenvalue weighted by atomic mass is 35.5. The maximum atomic E-state index is 13.0. The van der Waals surface area contributed by atoms with Crippen LogP contribution in [-0.4, -0.2) is 25.4 Å².